The first-order valence-corrected chi connectivity index (χ1v) is 10.1. The third-order valence-electron chi connectivity index (χ3n) is 6.28. The van der Waals surface area contributed by atoms with Crippen molar-refractivity contribution in [3.05, 3.63) is 30.1 Å². The van der Waals surface area contributed by atoms with Crippen molar-refractivity contribution in [1.29, 1.82) is 0 Å². The van der Waals surface area contributed by atoms with E-state index in [1.807, 2.05) is 39.1 Å². The summed E-state index contributed by atoms with van der Waals surface area (Å²) < 4.78 is 5.40. The van der Waals surface area contributed by atoms with Gasteiger partial charge in [0.1, 0.15) is 12.1 Å². The van der Waals surface area contributed by atoms with Gasteiger partial charge in [-0.2, -0.15) is 0 Å². The molecule has 28 heavy (non-hydrogen) atoms. The summed E-state index contributed by atoms with van der Waals surface area (Å²) in [4.78, 5) is 33.4. The molecule has 0 atom stereocenters. The fourth-order valence-corrected chi connectivity index (χ4v) is 4.75. The van der Waals surface area contributed by atoms with Gasteiger partial charge in [0, 0.05) is 19.2 Å². The lowest BCUT2D eigenvalue weighted by molar-refractivity contribution is -0.158. The average molecular weight is 388 g/mol. The van der Waals surface area contributed by atoms with Crippen LogP contribution in [0.15, 0.2) is 24.4 Å². The smallest absolute Gasteiger partial charge is 0.326 e. The maximum absolute atomic E-state index is 12.6. The minimum absolute atomic E-state index is 0.0343. The van der Waals surface area contributed by atoms with Gasteiger partial charge in [-0.1, -0.05) is 6.07 Å². The highest BCUT2D eigenvalue weighted by Gasteiger charge is 2.50. The van der Waals surface area contributed by atoms with E-state index in [4.69, 9.17) is 4.74 Å². The SMILES string of the molecule is CN(C)C1(c2ccccn2)CCC2(CC1)CC(=O)N(CC(=O)OC(C)(C)C)C2. The van der Waals surface area contributed by atoms with E-state index >= 15 is 0 Å². The molecule has 3 rings (SSSR count). The molecule has 0 unspecified atom stereocenters. The first-order valence-electron chi connectivity index (χ1n) is 10.1. The summed E-state index contributed by atoms with van der Waals surface area (Å²) in [7, 11) is 4.22. The molecule has 6 heteroatoms. The number of hydrogen-bond acceptors (Lipinski definition) is 5. The van der Waals surface area contributed by atoms with Gasteiger partial charge in [0.15, 0.2) is 0 Å². The van der Waals surface area contributed by atoms with Crippen molar-refractivity contribution in [2.75, 3.05) is 27.2 Å². The molecule has 2 aliphatic rings. The zero-order valence-corrected chi connectivity index (χ0v) is 17.8. The van der Waals surface area contributed by atoms with Crippen LogP contribution >= 0.6 is 0 Å². The standard InChI is InChI=1S/C22H33N3O3/c1-20(2,3)28-19(27)15-25-16-21(14-18(25)26)9-11-22(12-10-21,24(4)5)17-8-6-7-13-23-17/h6-8,13H,9-12,14-16H2,1-5H3. The summed E-state index contributed by atoms with van der Waals surface area (Å²) in [5.74, 6) is -0.258. The quantitative estimate of drug-likeness (QED) is 0.743. The van der Waals surface area contributed by atoms with Crippen LogP contribution in [-0.4, -0.2) is 59.4 Å². The largest absolute Gasteiger partial charge is 0.459 e. The predicted molar refractivity (Wildman–Crippen MR) is 108 cm³/mol. The Labute approximate surface area is 168 Å². The molecule has 1 aliphatic heterocycles. The van der Waals surface area contributed by atoms with E-state index in [1.165, 1.54) is 0 Å². The molecule has 0 aromatic carbocycles. The maximum atomic E-state index is 12.6. The van der Waals surface area contributed by atoms with Gasteiger partial charge in [0.25, 0.3) is 0 Å². The van der Waals surface area contributed by atoms with Crippen LogP contribution in [0.3, 0.4) is 0 Å². The van der Waals surface area contributed by atoms with Gasteiger partial charge in [-0.3, -0.25) is 19.5 Å². The second-order valence-corrected chi connectivity index (χ2v) is 9.65. The number of carbonyl (C=O) groups is 2. The van der Waals surface area contributed by atoms with Crippen molar-refractivity contribution in [3.63, 3.8) is 0 Å². The number of nitrogens with zero attached hydrogens (tertiary/aromatic N) is 3. The predicted octanol–water partition coefficient (Wildman–Crippen LogP) is 2.97. The Bertz CT molecular complexity index is 716. The van der Waals surface area contributed by atoms with Crippen molar-refractivity contribution in [2.45, 2.75) is 64.0 Å². The molecule has 2 heterocycles. The molecular weight excluding hydrogens is 354 g/mol. The van der Waals surface area contributed by atoms with E-state index in [1.54, 1.807) is 4.90 Å². The lowest BCUT2D eigenvalue weighted by Gasteiger charge is -2.48. The van der Waals surface area contributed by atoms with Crippen LogP contribution in [0.25, 0.3) is 0 Å². The lowest BCUT2D eigenvalue weighted by Crippen LogP contribution is -2.48. The zero-order chi connectivity index (χ0) is 20.6. The summed E-state index contributed by atoms with van der Waals surface area (Å²) >= 11 is 0. The summed E-state index contributed by atoms with van der Waals surface area (Å²) in [6, 6.07) is 6.09. The van der Waals surface area contributed by atoms with Gasteiger partial charge >= 0.3 is 5.97 Å². The van der Waals surface area contributed by atoms with Crippen molar-refractivity contribution in [1.82, 2.24) is 14.8 Å². The number of hydrogen-bond donors (Lipinski definition) is 0. The van der Waals surface area contributed by atoms with Gasteiger partial charge < -0.3 is 9.64 Å². The molecule has 1 saturated heterocycles. The number of ether oxygens (including phenoxy) is 1. The highest BCUT2D eigenvalue weighted by Crippen LogP contribution is 2.51. The number of carbonyl (C=O) groups excluding carboxylic acids is 2. The normalized spacial score (nSPS) is 28.2. The summed E-state index contributed by atoms with van der Waals surface area (Å²) in [5, 5.41) is 0. The van der Waals surface area contributed by atoms with Crippen LogP contribution in [0.5, 0.6) is 0 Å². The van der Waals surface area contributed by atoms with Crippen molar-refractivity contribution >= 4 is 11.9 Å². The summed E-state index contributed by atoms with van der Waals surface area (Å²) in [6.45, 7) is 6.24. The van der Waals surface area contributed by atoms with Crippen molar-refractivity contribution < 1.29 is 14.3 Å². The Balaban J connectivity index is 1.68. The molecule has 2 fully saturated rings. The third-order valence-corrected chi connectivity index (χ3v) is 6.28. The maximum Gasteiger partial charge on any atom is 0.326 e. The molecule has 1 spiro atoms. The van der Waals surface area contributed by atoms with Crippen LogP contribution in [-0.2, 0) is 19.9 Å². The second-order valence-electron chi connectivity index (χ2n) is 9.65. The molecule has 154 valence electrons. The van der Waals surface area contributed by atoms with E-state index in [2.05, 4.69) is 30.0 Å². The molecule has 1 saturated carbocycles. The molecule has 0 bridgehead atoms. The first kappa shape index (κ1) is 20.8. The molecule has 6 nitrogen and oxygen atoms in total. The highest BCUT2D eigenvalue weighted by molar-refractivity contribution is 5.84. The molecule has 1 amide bonds. The number of aromatic nitrogens is 1. The van der Waals surface area contributed by atoms with E-state index in [0.29, 0.717) is 13.0 Å². The molecule has 1 aliphatic carbocycles. The van der Waals surface area contributed by atoms with Gasteiger partial charge in [-0.25, -0.2) is 0 Å². The van der Waals surface area contributed by atoms with Gasteiger partial charge in [-0.15, -0.1) is 0 Å². The topological polar surface area (TPSA) is 62.7 Å². The Morgan fingerprint density at radius 2 is 1.89 bits per heavy atom. The van der Waals surface area contributed by atoms with Crippen LogP contribution in [0, 0.1) is 5.41 Å². The highest BCUT2D eigenvalue weighted by atomic mass is 16.6. The van der Waals surface area contributed by atoms with Crippen LogP contribution in [0.1, 0.15) is 58.6 Å². The summed E-state index contributed by atoms with van der Waals surface area (Å²) in [5.41, 5.74) is 0.447. The monoisotopic (exact) mass is 387 g/mol. The Morgan fingerprint density at radius 3 is 2.43 bits per heavy atom. The van der Waals surface area contributed by atoms with E-state index in [0.717, 1.165) is 31.4 Å². The Kier molecular flexibility index (Phi) is 5.54. The Hall–Kier alpha value is -1.95. The minimum atomic E-state index is -0.531. The molecule has 1 aromatic rings. The van der Waals surface area contributed by atoms with Crippen LogP contribution in [0.2, 0.25) is 0 Å². The number of rotatable bonds is 4. The molecule has 0 radical (unpaired) electrons. The van der Waals surface area contributed by atoms with E-state index in [9.17, 15) is 9.59 Å². The lowest BCUT2D eigenvalue weighted by atomic mass is 9.65. The molecular formula is C22H33N3O3. The Morgan fingerprint density at radius 1 is 1.21 bits per heavy atom. The van der Waals surface area contributed by atoms with Crippen LogP contribution < -0.4 is 0 Å². The number of amides is 1. The van der Waals surface area contributed by atoms with Crippen molar-refractivity contribution in [2.24, 2.45) is 5.41 Å². The number of pyridine rings is 1. The summed E-state index contributed by atoms with van der Waals surface area (Å²) in [6.07, 6.45) is 6.22. The van der Waals surface area contributed by atoms with Gasteiger partial charge in [0.05, 0.1) is 11.2 Å². The molecule has 1 aromatic heterocycles. The van der Waals surface area contributed by atoms with Gasteiger partial charge in [-0.05, 0) is 78.1 Å². The second kappa shape index (κ2) is 7.47. The zero-order valence-electron chi connectivity index (χ0n) is 17.8. The minimum Gasteiger partial charge on any atom is -0.459 e. The van der Waals surface area contributed by atoms with Crippen molar-refractivity contribution in [3.8, 4) is 0 Å². The fourth-order valence-electron chi connectivity index (χ4n) is 4.75. The molecule has 0 N–H and O–H groups in total. The fraction of sp³-hybridized carbons (Fsp3) is 0.682. The number of likely N-dealkylation sites (tertiary alicyclic amines) is 1. The first-order chi connectivity index (χ1) is 13.1. The number of esters is 1. The van der Waals surface area contributed by atoms with Gasteiger partial charge in [0.2, 0.25) is 5.91 Å². The third kappa shape index (κ3) is 4.22. The van der Waals surface area contributed by atoms with E-state index < -0.39 is 5.60 Å². The van der Waals surface area contributed by atoms with E-state index in [-0.39, 0.29) is 29.4 Å². The van der Waals surface area contributed by atoms with Crippen LogP contribution in [0.4, 0.5) is 0 Å². The average Bonchev–Trinajstić information content (AvgIpc) is 2.90.